The Labute approximate surface area is 119 Å². The number of nitrogens with zero attached hydrogens (tertiary/aromatic N) is 2. The van der Waals surface area contributed by atoms with E-state index in [1.54, 1.807) is 0 Å². The van der Waals surface area contributed by atoms with Gasteiger partial charge in [-0.2, -0.15) is 0 Å². The largest absolute Gasteiger partial charge is 0.317 e. The van der Waals surface area contributed by atoms with Gasteiger partial charge in [0, 0.05) is 21.5 Å². The number of halogens is 1. The summed E-state index contributed by atoms with van der Waals surface area (Å²) in [6, 6.07) is 5.78. The van der Waals surface area contributed by atoms with Gasteiger partial charge < -0.3 is 5.32 Å². The number of hydrogen-bond donors (Lipinski definition) is 1. The number of pyridine rings is 1. The number of nitrogens with one attached hydrogen (secondary N) is 1. The minimum Gasteiger partial charge on any atom is -0.317 e. The second kappa shape index (κ2) is 5.63. The van der Waals surface area contributed by atoms with Crippen LogP contribution in [-0.2, 0) is 6.42 Å². The monoisotopic (exact) mass is 323 g/mol. The first-order chi connectivity index (χ1) is 9.02. The highest BCUT2D eigenvalue weighted by molar-refractivity contribution is 9.10. The van der Waals surface area contributed by atoms with Gasteiger partial charge in [0.1, 0.15) is 6.20 Å². The smallest absolute Gasteiger partial charge is 0.291 e. The summed E-state index contributed by atoms with van der Waals surface area (Å²) in [5, 5.41) is 15.1. The van der Waals surface area contributed by atoms with Gasteiger partial charge in [0.15, 0.2) is 0 Å². The summed E-state index contributed by atoms with van der Waals surface area (Å²) in [5.41, 5.74) is 1.57. The van der Waals surface area contributed by atoms with E-state index in [1.165, 1.54) is 6.20 Å². The molecule has 0 saturated heterocycles. The van der Waals surface area contributed by atoms with E-state index >= 15 is 0 Å². The Morgan fingerprint density at radius 3 is 2.89 bits per heavy atom. The van der Waals surface area contributed by atoms with E-state index < -0.39 is 0 Å². The van der Waals surface area contributed by atoms with Crippen LogP contribution < -0.4 is 5.32 Å². The first-order valence-corrected chi connectivity index (χ1v) is 6.71. The zero-order valence-electron chi connectivity index (χ0n) is 10.7. The molecule has 2 aromatic rings. The Bertz CT molecular complexity index is 631. The van der Waals surface area contributed by atoms with Gasteiger partial charge in [-0.1, -0.05) is 15.9 Å². The van der Waals surface area contributed by atoms with Crippen LogP contribution in [0.5, 0.6) is 0 Å². The van der Waals surface area contributed by atoms with Crippen molar-refractivity contribution in [1.29, 1.82) is 0 Å². The topological polar surface area (TPSA) is 68.1 Å². The van der Waals surface area contributed by atoms with Crippen LogP contribution in [0.3, 0.4) is 0 Å². The molecule has 100 valence electrons. The third kappa shape index (κ3) is 2.90. The van der Waals surface area contributed by atoms with Crippen molar-refractivity contribution >= 4 is 32.5 Å². The maximum absolute atomic E-state index is 11.2. The molecule has 0 aliphatic carbocycles. The fourth-order valence-corrected chi connectivity index (χ4v) is 2.35. The molecule has 1 heterocycles. The fraction of sp³-hybridized carbons (Fsp3) is 0.308. The highest BCUT2D eigenvalue weighted by atomic mass is 79.9. The van der Waals surface area contributed by atoms with Crippen molar-refractivity contribution in [2.24, 2.45) is 0 Å². The molecule has 5 nitrogen and oxygen atoms in total. The van der Waals surface area contributed by atoms with E-state index in [9.17, 15) is 10.1 Å². The second-order valence-corrected chi connectivity index (χ2v) is 5.35. The van der Waals surface area contributed by atoms with E-state index in [2.05, 4.69) is 26.2 Å². The normalized spacial score (nSPS) is 12.6. The lowest BCUT2D eigenvalue weighted by molar-refractivity contribution is -0.385. The molecule has 2 rings (SSSR count). The van der Waals surface area contributed by atoms with Crippen molar-refractivity contribution in [3.05, 3.63) is 44.5 Å². The molecule has 1 aromatic heterocycles. The van der Waals surface area contributed by atoms with Crippen LogP contribution in [0.4, 0.5) is 5.69 Å². The Morgan fingerprint density at radius 2 is 2.26 bits per heavy atom. The van der Waals surface area contributed by atoms with Gasteiger partial charge in [-0.3, -0.25) is 10.1 Å². The molecule has 1 unspecified atom stereocenters. The molecule has 6 heteroatoms. The van der Waals surface area contributed by atoms with Crippen LogP contribution >= 0.6 is 15.9 Å². The number of likely N-dealkylation sites (N-methyl/N-ethyl adjacent to an activating group) is 1. The lowest BCUT2D eigenvalue weighted by atomic mass is 10.0. The standard InChI is InChI=1S/C13H14BrN3O2/c1-8(15-2)5-11-10-6-9(14)3-4-12(10)16-7-13(11)17(18)19/h3-4,6-8,15H,5H2,1-2H3. The number of aromatic nitrogens is 1. The Hall–Kier alpha value is -1.53. The maximum atomic E-state index is 11.2. The Balaban J connectivity index is 2.67. The zero-order chi connectivity index (χ0) is 14.0. The van der Waals surface area contributed by atoms with E-state index in [0.717, 1.165) is 20.9 Å². The summed E-state index contributed by atoms with van der Waals surface area (Å²) < 4.78 is 0.889. The average molecular weight is 324 g/mol. The molecular formula is C13H14BrN3O2. The van der Waals surface area contributed by atoms with Crippen molar-refractivity contribution < 1.29 is 4.92 Å². The molecule has 0 fully saturated rings. The van der Waals surface area contributed by atoms with Crippen molar-refractivity contribution in [3.8, 4) is 0 Å². The molecule has 0 bridgehead atoms. The predicted molar refractivity (Wildman–Crippen MR) is 78.3 cm³/mol. The molecule has 0 aliphatic heterocycles. The van der Waals surface area contributed by atoms with Crippen molar-refractivity contribution in [2.75, 3.05) is 7.05 Å². The Morgan fingerprint density at radius 1 is 1.53 bits per heavy atom. The minimum atomic E-state index is -0.370. The van der Waals surface area contributed by atoms with Gasteiger partial charge in [-0.25, -0.2) is 4.98 Å². The predicted octanol–water partition coefficient (Wildman–Crippen LogP) is 3.06. The maximum Gasteiger partial charge on any atom is 0.291 e. The van der Waals surface area contributed by atoms with Crippen LogP contribution in [0.15, 0.2) is 28.9 Å². The molecule has 0 aliphatic rings. The molecule has 1 atom stereocenters. The zero-order valence-corrected chi connectivity index (χ0v) is 12.3. The molecule has 0 radical (unpaired) electrons. The molecule has 0 amide bonds. The van der Waals surface area contributed by atoms with Crippen molar-refractivity contribution in [2.45, 2.75) is 19.4 Å². The van der Waals surface area contributed by atoms with Gasteiger partial charge >= 0.3 is 0 Å². The van der Waals surface area contributed by atoms with Crippen molar-refractivity contribution in [1.82, 2.24) is 10.3 Å². The van der Waals surface area contributed by atoms with Gasteiger partial charge in [0.05, 0.1) is 10.4 Å². The summed E-state index contributed by atoms with van der Waals surface area (Å²) in [7, 11) is 1.84. The quantitative estimate of drug-likeness (QED) is 0.693. The minimum absolute atomic E-state index is 0.0766. The number of hydrogen-bond acceptors (Lipinski definition) is 4. The lowest BCUT2D eigenvalue weighted by Crippen LogP contribution is -2.24. The van der Waals surface area contributed by atoms with Crippen LogP contribution in [0.1, 0.15) is 12.5 Å². The molecule has 19 heavy (non-hydrogen) atoms. The molecule has 1 N–H and O–H groups in total. The summed E-state index contributed by atoms with van der Waals surface area (Å²) in [5.74, 6) is 0. The lowest BCUT2D eigenvalue weighted by Gasteiger charge is -2.12. The fourth-order valence-electron chi connectivity index (χ4n) is 1.99. The molecular weight excluding hydrogens is 310 g/mol. The number of nitro groups is 1. The summed E-state index contributed by atoms with van der Waals surface area (Å²) in [6.07, 6.45) is 1.93. The van der Waals surface area contributed by atoms with Crippen LogP contribution in [0.2, 0.25) is 0 Å². The third-order valence-electron chi connectivity index (χ3n) is 3.12. The van der Waals surface area contributed by atoms with Gasteiger partial charge in [-0.05, 0) is 38.6 Å². The van der Waals surface area contributed by atoms with Crippen LogP contribution in [0, 0.1) is 10.1 Å². The summed E-state index contributed by atoms with van der Waals surface area (Å²) >= 11 is 3.40. The summed E-state index contributed by atoms with van der Waals surface area (Å²) in [4.78, 5) is 14.9. The second-order valence-electron chi connectivity index (χ2n) is 4.43. The highest BCUT2D eigenvalue weighted by Gasteiger charge is 2.19. The number of rotatable bonds is 4. The Kier molecular flexibility index (Phi) is 4.11. The SMILES string of the molecule is CNC(C)Cc1c([N+](=O)[O-])cnc2ccc(Br)cc12. The van der Waals surface area contributed by atoms with Gasteiger partial charge in [0.25, 0.3) is 5.69 Å². The van der Waals surface area contributed by atoms with Crippen LogP contribution in [-0.4, -0.2) is 23.0 Å². The average Bonchev–Trinajstić information content (AvgIpc) is 2.38. The van der Waals surface area contributed by atoms with Gasteiger partial charge in [0.2, 0.25) is 0 Å². The number of fused-ring (bicyclic) bond motifs is 1. The van der Waals surface area contributed by atoms with Gasteiger partial charge in [-0.15, -0.1) is 0 Å². The summed E-state index contributed by atoms with van der Waals surface area (Å²) in [6.45, 7) is 1.99. The van der Waals surface area contributed by atoms with Crippen LogP contribution in [0.25, 0.3) is 10.9 Å². The molecule has 1 aromatic carbocycles. The van der Waals surface area contributed by atoms with E-state index in [0.29, 0.717) is 6.42 Å². The van der Waals surface area contributed by atoms with Crippen molar-refractivity contribution in [3.63, 3.8) is 0 Å². The van der Waals surface area contributed by atoms with E-state index in [1.807, 2.05) is 32.2 Å². The van der Waals surface area contributed by atoms with E-state index in [-0.39, 0.29) is 16.7 Å². The first-order valence-electron chi connectivity index (χ1n) is 5.91. The first kappa shape index (κ1) is 13.9. The third-order valence-corrected chi connectivity index (χ3v) is 3.61. The highest BCUT2D eigenvalue weighted by Crippen LogP contribution is 2.29. The molecule has 0 saturated carbocycles. The number of benzene rings is 1. The molecule has 0 spiro atoms. The van der Waals surface area contributed by atoms with E-state index in [4.69, 9.17) is 0 Å².